The summed E-state index contributed by atoms with van der Waals surface area (Å²) < 4.78 is 43.3. The minimum absolute atomic E-state index is 0.186. The molecule has 2 aromatic rings. The van der Waals surface area contributed by atoms with Crippen LogP contribution in [0.2, 0.25) is 0 Å². The lowest BCUT2D eigenvalue weighted by atomic mass is 10.2. The number of nitrogens with zero attached hydrogens (tertiary/aromatic N) is 2. The highest BCUT2D eigenvalue weighted by molar-refractivity contribution is 5.57. The van der Waals surface area contributed by atoms with Gasteiger partial charge in [-0.15, -0.1) is 0 Å². The van der Waals surface area contributed by atoms with Crippen LogP contribution in [0.3, 0.4) is 0 Å². The monoisotopic (exact) mass is 257 g/mol. The van der Waals surface area contributed by atoms with Gasteiger partial charge in [0.25, 0.3) is 0 Å². The third-order valence-electron chi connectivity index (χ3n) is 2.46. The van der Waals surface area contributed by atoms with Gasteiger partial charge in [0.1, 0.15) is 12.2 Å². The largest absolute Gasteiger partial charge is 0.452 e. The van der Waals surface area contributed by atoms with Gasteiger partial charge >= 0.3 is 6.18 Å². The van der Waals surface area contributed by atoms with Gasteiger partial charge in [-0.1, -0.05) is 12.1 Å². The van der Waals surface area contributed by atoms with Gasteiger partial charge in [-0.2, -0.15) is 13.2 Å². The Labute approximate surface area is 102 Å². The molecule has 6 heteroatoms. The Morgan fingerprint density at radius 1 is 1.28 bits per heavy atom. The topological polar surface area (TPSA) is 29.9 Å². The molecule has 0 N–H and O–H groups in total. The van der Waals surface area contributed by atoms with E-state index in [0.29, 0.717) is 5.56 Å². The Morgan fingerprint density at radius 3 is 2.44 bits per heavy atom. The molecule has 0 aliphatic rings. The molecule has 0 saturated carbocycles. The third-order valence-corrected chi connectivity index (χ3v) is 2.46. The summed E-state index contributed by atoms with van der Waals surface area (Å²) in [5.74, 6) is -1.08. The Hall–Kier alpha value is -1.85. The van der Waals surface area contributed by atoms with Crippen molar-refractivity contribution >= 4 is 0 Å². The molecule has 0 bridgehead atoms. The number of pyridine rings is 1. The van der Waals surface area contributed by atoms with E-state index >= 15 is 0 Å². The SMILES string of the molecule is CCC[n+]1ccc(-c2cc(C(F)(F)F)on2)cc1. The molecule has 2 rings (SSSR count). The van der Waals surface area contributed by atoms with E-state index in [1.807, 2.05) is 11.5 Å². The Balaban J connectivity index is 2.23. The molecule has 0 atom stereocenters. The maximum Gasteiger partial charge on any atom is 0.452 e. The van der Waals surface area contributed by atoms with E-state index < -0.39 is 11.9 Å². The minimum atomic E-state index is -4.50. The molecular formula is C12H12F3N2O+. The fourth-order valence-corrected chi connectivity index (χ4v) is 1.58. The van der Waals surface area contributed by atoms with Gasteiger partial charge in [0.2, 0.25) is 5.76 Å². The molecule has 2 aromatic heterocycles. The first-order valence-corrected chi connectivity index (χ1v) is 5.54. The number of aryl methyl sites for hydroxylation is 1. The van der Waals surface area contributed by atoms with Crippen LogP contribution in [0.1, 0.15) is 19.1 Å². The van der Waals surface area contributed by atoms with E-state index in [0.717, 1.165) is 19.0 Å². The van der Waals surface area contributed by atoms with Crippen LogP contribution in [0.5, 0.6) is 0 Å². The number of alkyl halides is 3. The molecule has 0 fully saturated rings. The van der Waals surface area contributed by atoms with E-state index in [2.05, 4.69) is 9.68 Å². The summed E-state index contributed by atoms with van der Waals surface area (Å²) in [6.45, 7) is 2.92. The van der Waals surface area contributed by atoms with Crippen LogP contribution in [0.4, 0.5) is 13.2 Å². The number of hydrogen-bond acceptors (Lipinski definition) is 2. The third kappa shape index (κ3) is 2.69. The predicted molar refractivity (Wildman–Crippen MR) is 57.4 cm³/mol. The Morgan fingerprint density at radius 2 is 1.94 bits per heavy atom. The van der Waals surface area contributed by atoms with Gasteiger partial charge in [0.15, 0.2) is 12.4 Å². The summed E-state index contributed by atoms with van der Waals surface area (Å²) >= 11 is 0. The normalized spacial score (nSPS) is 11.8. The molecule has 0 radical (unpaired) electrons. The van der Waals surface area contributed by atoms with Crippen LogP contribution >= 0.6 is 0 Å². The zero-order valence-electron chi connectivity index (χ0n) is 9.74. The van der Waals surface area contributed by atoms with Crippen molar-refractivity contribution < 1.29 is 22.3 Å². The standard InChI is InChI=1S/C12H12F3N2O/c1-2-5-17-6-3-9(4-7-17)10-8-11(18-16-10)12(13,14)15/h3-4,6-8H,2,5H2,1H3/q+1. The van der Waals surface area contributed by atoms with Crippen LogP contribution in [0.15, 0.2) is 35.1 Å². The number of aromatic nitrogens is 2. The second-order valence-corrected chi connectivity index (χ2v) is 3.90. The van der Waals surface area contributed by atoms with Crippen LogP contribution in [0, 0.1) is 0 Å². The molecule has 0 aliphatic heterocycles. The van der Waals surface area contributed by atoms with Gasteiger partial charge in [-0.3, -0.25) is 0 Å². The summed E-state index contributed by atoms with van der Waals surface area (Å²) in [5, 5.41) is 3.42. The average Bonchev–Trinajstić information content (AvgIpc) is 2.79. The van der Waals surface area contributed by atoms with Gasteiger partial charge in [-0.05, 0) is 0 Å². The zero-order chi connectivity index (χ0) is 13.2. The Bertz CT molecular complexity index is 517. The summed E-state index contributed by atoms with van der Waals surface area (Å²) in [7, 11) is 0. The van der Waals surface area contributed by atoms with E-state index in [4.69, 9.17) is 0 Å². The first-order chi connectivity index (χ1) is 8.50. The van der Waals surface area contributed by atoms with Gasteiger partial charge in [0, 0.05) is 30.2 Å². The molecule has 0 saturated heterocycles. The van der Waals surface area contributed by atoms with Crippen LogP contribution in [-0.4, -0.2) is 5.16 Å². The molecular weight excluding hydrogens is 245 g/mol. The first kappa shape index (κ1) is 12.6. The van der Waals surface area contributed by atoms with E-state index in [1.165, 1.54) is 0 Å². The maximum atomic E-state index is 12.3. The van der Waals surface area contributed by atoms with Crippen molar-refractivity contribution in [3.63, 3.8) is 0 Å². The molecule has 0 aliphatic carbocycles. The molecule has 3 nitrogen and oxygen atoms in total. The fraction of sp³-hybridized carbons (Fsp3) is 0.333. The van der Waals surface area contributed by atoms with Crippen molar-refractivity contribution in [1.82, 2.24) is 5.16 Å². The quantitative estimate of drug-likeness (QED) is 0.791. The predicted octanol–water partition coefficient (Wildman–Crippen LogP) is 3.06. The summed E-state index contributed by atoms with van der Waals surface area (Å²) in [4.78, 5) is 0. The Kier molecular flexibility index (Phi) is 3.36. The fourth-order valence-electron chi connectivity index (χ4n) is 1.58. The lowest BCUT2D eigenvalue weighted by Crippen LogP contribution is -2.31. The molecule has 0 amide bonds. The smallest absolute Gasteiger partial charge is 0.351 e. The highest BCUT2D eigenvalue weighted by Gasteiger charge is 2.36. The lowest BCUT2D eigenvalue weighted by molar-refractivity contribution is -0.696. The number of hydrogen-bond donors (Lipinski definition) is 0. The second kappa shape index (κ2) is 4.80. The molecule has 0 aromatic carbocycles. The van der Waals surface area contributed by atoms with Crippen molar-refractivity contribution in [2.75, 3.05) is 0 Å². The molecule has 18 heavy (non-hydrogen) atoms. The molecule has 0 spiro atoms. The highest BCUT2D eigenvalue weighted by Crippen LogP contribution is 2.31. The summed E-state index contributed by atoms with van der Waals surface area (Å²) in [5.41, 5.74) is 0.785. The summed E-state index contributed by atoms with van der Waals surface area (Å²) in [6.07, 6.45) is 0.107. The molecule has 0 unspecified atom stereocenters. The second-order valence-electron chi connectivity index (χ2n) is 3.90. The van der Waals surface area contributed by atoms with Crippen molar-refractivity contribution in [3.8, 4) is 11.3 Å². The highest BCUT2D eigenvalue weighted by atomic mass is 19.4. The maximum absolute atomic E-state index is 12.3. The van der Waals surface area contributed by atoms with Crippen LogP contribution < -0.4 is 4.57 Å². The van der Waals surface area contributed by atoms with Crippen molar-refractivity contribution in [2.24, 2.45) is 0 Å². The van der Waals surface area contributed by atoms with Crippen molar-refractivity contribution in [3.05, 3.63) is 36.4 Å². The van der Waals surface area contributed by atoms with E-state index in [-0.39, 0.29) is 5.69 Å². The van der Waals surface area contributed by atoms with Gasteiger partial charge in [-0.25, -0.2) is 4.57 Å². The lowest BCUT2D eigenvalue weighted by Gasteiger charge is -1.97. The number of halogens is 3. The molecule has 2 heterocycles. The average molecular weight is 257 g/mol. The van der Waals surface area contributed by atoms with E-state index in [9.17, 15) is 13.2 Å². The number of rotatable bonds is 3. The van der Waals surface area contributed by atoms with E-state index in [1.54, 1.807) is 24.5 Å². The zero-order valence-corrected chi connectivity index (χ0v) is 9.74. The van der Waals surface area contributed by atoms with Gasteiger partial charge in [0.05, 0.1) is 0 Å². The van der Waals surface area contributed by atoms with Crippen LogP contribution in [-0.2, 0) is 12.7 Å². The van der Waals surface area contributed by atoms with Crippen molar-refractivity contribution in [2.45, 2.75) is 26.1 Å². The minimum Gasteiger partial charge on any atom is -0.351 e. The first-order valence-electron chi connectivity index (χ1n) is 5.54. The van der Waals surface area contributed by atoms with Crippen molar-refractivity contribution in [1.29, 1.82) is 0 Å². The van der Waals surface area contributed by atoms with Gasteiger partial charge < -0.3 is 4.52 Å². The molecule has 96 valence electrons. The summed E-state index contributed by atoms with van der Waals surface area (Å²) in [6, 6.07) is 4.33. The van der Waals surface area contributed by atoms with Crippen LogP contribution in [0.25, 0.3) is 11.3 Å².